The summed E-state index contributed by atoms with van der Waals surface area (Å²) in [5.74, 6) is 0. The average Bonchev–Trinajstić information content (AvgIpc) is 2.40. The topological polar surface area (TPSA) is 20.2 Å². The van der Waals surface area contributed by atoms with Crippen LogP contribution < -0.4 is 0 Å². The van der Waals surface area contributed by atoms with Crippen molar-refractivity contribution in [1.82, 2.24) is 0 Å². The molecule has 0 saturated carbocycles. The van der Waals surface area contributed by atoms with Gasteiger partial charge in [-0.3, -0.25) is 0 Å². The summed E-state index contributed by atoms with van der Waals surface area (Å²) in [6.45, 7) is 5.81. The smallest absolute Gasteiger partial charge is 0.0631 e. The summed E-state index contributed by atoms with van der Waals surface area (Å²) in [5, 5.41) is 11.1. The average molecular weight is 220 g/mol. The van der Waals surface area contributed by atoms with Gasteiger partial charge in [-0.05, 0) is 43.9 Å². The third kappa shape index (κ3) is 2.58. The van der Waals surface area contributed by atoms with Crippen molar-refractivity contribution >= 4 is 21.4 Å². The normalized spacial score (nSPS) is 12.3. The molecule has 15 heavy (non-hydrogen) atoms. The Morgan fingerprint density at radius 2 is 2.00 bits per heavy atom. The third-order valence-electron chi connectivity index (χ3n) is 2.34. The Morgan fingerprint density at radius 1 is 1.27 bits per heavy atom. The lowest BCUT2D eigenvalue weighted by Crippen LogP contribution is -2.21. The standard InChI is InChI=1S/C13H16OS/c1-9-6-11-5-4-10(7-12(11)15-9)8-13(2,3)14/h4-7,14H,8H2,1-3H3. The minimum atomic E-state index is -0.625. The lowest BCUT2D eigenvalue weighted by Gasteiger charge is -2.16. The van der Waals surface area contributed by atoms with E-state index in [4.69, 9.17) is 0 Å². The van der Waals surface area contributed by atoms with Crippen molar-refractivity contribution in [3.05, 3.63) is 34.7 Å². The molecule has 0 amide bonds. The molecular formula is C13H16OS. The van der Waals surface area contributed by atoms with E-state index in [0.717, 1.165) is 0 Å². The van der Waals surface area contributed by atoms with Crippen LogP contribution in [0.2, 0.25) is 0 Å². The van der Waals surface area contributed by atoms with Gasteiger partial charge in [-0.25, -0.2) is 0 Å². The summed E-state index contributed by atoms with van der Waals surface area (Å²) in [5.41, 5.74) is 0.580. The second-order valence-corrected chi connectivity index (χ2v) is 6.01. The number of benzene rings is 1. The highest BCUT2D eigenvalue weighted by molar-refractivity contribution is 7.19. The van der Waals surface area contributed by atoms with E-state index in [1.54, 1.807) is 0 Å². The summed E-state index contributed by atoms with van der Waals surface area (Å²) in [6, 6.07) is 8.63. The molecule has 1 N–H and O–H groups in total. The molecule has 0 radical (unpaired) electrons. The maximum absolute atomic E-state index is 9.75. The maximum atomic E-state index is 9.75. The van der Waals surface area contributed by atoms with E-state index in [-0.39, 0.29) is 0 Å². The molecule has 0 fully saturated rings. The highest BCUT2D eigenvalue weighted by atomic mass is 32.1. The van der Waals surface area contributed by atoms with E-state index in [1.807, 2.05) is 25.2 Å². The molecule has 1 nitrogen and oxygen atoms in total. The van der Waals surface area contributed by atoms with E-state index in [2.05, 4.69) is 31.2 Å². The highest BCUT2D eigenvalue weighted by Crippen LogP contribution is 2.27. The van der Waals surface area contributed by atoms with Gasteiger partial charge in [0.2, 0.25) is 0 Å². The lowest BCUT2D eigenvalue weighted by atomic mass is 9.98. The van der Waals surface area contributed by atoms with Gasteiger partial charge < -0.3 is 5.11 Å². The van der Waals surface area contributed by atoms with Crippen LogP contribution in [0.5, 0.6) is 0 Å². The molecule has 0 aliphatic carbocycles. The van der Waals surface area contributed by atoms with Crippen LogP contribution >= 0.6 is 11.3 Å². The molecule has 80 valence electrons. The van der Waals surface area contributed by atoms with Crippen LogP contribution in [-0.2, 0) is 6.42 Å². The second kappa shape index (κ2) is 3.62. The molecular weight excluding hydrogens is 204 g/mol. The Hall–Kier alpha value is -0.860. The van der Waals surface area contributed by atoms with Gasteiger partial charge in [-0.1, -0.05) is 12.1 Å². The molecule has 2 rings (SSSR count). The van der Waals surface area contributed by atoms with Crippen molar-refractivity contribution in [2.75, 3.05) is 0 Å². The van der Waals surface area contributed by atoms with Crippen LogP contribution in [0.25, 0.3) is 10.1 Å². The fourth-order valence-corrected chi connectivity index (χ4v) is 2.81. The molecule has 0 spiro atoms. The molecule has 0 unspecified atom stereocenters. The molecule has 1 aromatic heterocycles. The largest absolute Gasteiger partial charge is 0.390 e. The van der Waals surface area contributed by atoms with Crippen molar-refractivity contribution in [3.8, 4) is 0 Å². The highest BCUT2D eigenvalue weighted by Gasteiger charge is 2.13. The summed E-state index contributed by atoms with van der Waals surface area (Å²) < 4.78 is 1.31. The monoisotopic (exact) mass is 220 g/mol. The van der Waals surface area contributed by atoms with E-state index in [9.17, 15) is 5.11 Å². The Bertz CT molecular complexity index is 477. The predicted octanol–water partition coefficient (Wildman–Crippen LogP) is 3.52. The van der Waals surface area contributed by atoms with Crippen molar-refractivity contribution in [2.24, 2.45) is 0 Å². The number of thiophene rings is 1. The van der Waals surface area contributed by atoms with E-state index in [0.29, 0.717) is 6.42 Å². The van der Waals surface area contributed by atoms with Gasteiger partial charge in [-0.15, -0.1) is 11.3 Å². The second-order valence-electron chi connectivity index (χ2n) is 4.72. The Labute approximate surface area is 94.4 Å². The zero-order chi connectivity index (χ0) is 11.1. The van der Waals surface area contributed by atoms with E-state index >= 15 is 0 Å². The number of hydrogen-bond acceptors (Lipinski definition) is 2. The Kier molecular flexibility index (Phi) is 2.57. The van der Waals surface area contributed by atoms with Gasteiger partial charge in [0, 0.05) is 16.0 Å². The van der Waals surface area contributed by atoms with Crippen LogP contribution in [0.1, 0.15) is 24.3 Å². The number of fused-ring (bicyclic) bond motifs is 1. The van der Waals surface area contributed by atoms with Crippen molar-refractivity contribution < 1.29 is 5.11 Å². The molecule has 1 heterocycles. The zero-order valence-electron chi connectivity index (χ0n) is 9.37. The van der Waals surface area contributed by atoms with Gasteiger partial charge in [0.05, 0.1) is 5.60 Å². The summed E-state index contributed by atoms with van der Waals surface area (Å²) in [4.78, 5) is 1.34. The van der Waals surface area contributed by atoms with Crippen molar-refractivity contribution in [1.29, 1.82) is 0 Å². The first-order valence-electron chi connectivity index (χ1n) is 5.15. The van der Waals surface area contributed by atoms with Gasteiger partial charge >= 0.3 is 0 Å². The van der Waals surface area contributed by atoms with Crippen LogP contribution in [0, 0.1) is 6.92 Å². The fraction of sp³-hybridized carbons (Fsp3) is 0.385. The fourth-order valence-electron chi connectivity index (χ4n) is 1.82. The van der Waals surface area contributed by atoms with Gasteiger partial charge in [-0.2, -0.15) is 0 Å². The third-order valence-corrected chi connectivity index (χ3v) is 3.36. The SMILES string of the molecule is Cc1cc2ccc(CC(C)(C)O)cc2s1. The van der Waals surface area contributed by atoms with Crippen molar-refractivity contribution in [3.63, 3.8) is 0 Å². The molecule has 0 saturated heterocycles. The van der Waals surface area contributed by atoms with Gasteiger partial charge in [0.25, 0.3) is 0 Å². The Morgan fingerprint density at radius 3 is 2.67 bits per heavy atom. The molecule has 0 aliphatic heterocycles. The molecule has 0 aliphatic rings. The number of aryl methyl sites for hydroxylation is 1. The quantitative estimate of drug-likeness (QED) is 0.821. The molecule has 2 aromatic rings. The van der Waals surface area contributed by atoms with Crippen LogP contribution in [-0.4, -0.2) is 10.7 Å². The van der Waals surface area contributed by atoms with Crippen LogP contribution in [0.4, 0.5) is 0 Å². The molecule has 2 heteroatoms. The predicted molar refractivity (Wildman–Crippen MR) is 66.6 cm³/mol. The van der Waals surface area contributed by atoms with E-state index in [1.165, 1.54) is 20.5 Å². The number of aliphatic hydroxyl groups is 1. The molecule has 0 bridgehead atoms. The molecule has 1 aromatic carbocycles. The first kappa shape index (κ1) is 10.7. The first-order chi connectivity index (χ1) is 6.94. The van der Waals surface area contributed by atoms with Crippen LogP contribution in [0.3, 0.4) is 0 Å². The number of rotatable bonds is 2. The first-order valence-corrected chi connectivity index (χ1v) is 5.97. The summed E-state index contributed by atoms with van der Waals surface area (Å²) in [7, 11) is 0. The minimum Gasteiger partial charge on any atom is -0.390 e. The van der Waals surface area contributed by atoms with Crippen molar-refractivity contribution in [2.45, 2.75) is 32.8 Å². The van der Waals surface area contributed by atoms with Gasteiger partial charge in [0.15, 0.2) is 0 Å². The summed E-state index contributed by atoms with van der Waals surface area (Å²) in [6.07, 6.45) is 0.708. The van der Waals surface area contributed by atoms with Gasteiger partial charge in [0.1, 0.15) is 0 Å². The van der Waals surface area contributed by atoms with Crippen LogP contribution in [0.15, 0.2) is 24.3 Å². The zero-order valence-corrected chi connectivity index (χ0v) is 10.2. The maximum Gasteiger partial charge on any atom is 0.0631 e. The number of hydrogen-bond donors (Lipinski definition) is 1. The Balaban J connectivity index is 2.38. The lowest BCUT2D eigenvalue weighted by molar-refractivity contribution is 0.0810. The molecule has 0 atom stereocenters. The summed E-state index contributed by atoms with van der Waals surface area (Å²) >= 11 is 1.81. The van der Waals surface area contributed by atoms with E-state index < -0.39 is 5.60 Å². The minimum absolute atomic E-state index is 0.625.